The summed E-state index contributed by atoms with van der Waals surface area (Å²) in [6.45, 7) is 0.168. The number of benzene rings is 2. The van der Waals surface area contributed by atoms with Gasteiger partial charge in [-0.25, -0.2) is 4.39 Å². The molecule has 0 aromatic heterocycles. The molecule has 0 saturated heterocycles. The zero-order chi connectivity index (χ0) is 15.4. The van der Waals surface area contributed by atoms with E-state index in [4.69, 9.17) is 44.3 Å². The standard InChI is InChI=1S/C15H12Cl3FO2/c1-20-14-5-11(17)4-10(7-16)15(14)21-8-9-2-3-12(19)6-13(9)18/h2-6H,7-8H2,1H3. The maximum absolute atomic E-state index is 13.0. The second-order valence-electron chi connectivity index (χ2n) is 4.25. The average Bonchev–Trinajstić information content (AvgIpc) is 2.46. The van der Waals surface area contributed by atoms with E-state index in [1.54, 1.807) is 18.2 Å². The first-order chi connectivity index (χ1) is 10.0. The van der Waals surface area contributed by atoms with Crippen LogP contribution in [0.3, 0.4) is 0 Å². The van der Waals surface area contributed by atoms with Crippen LogP contribution < -0.4 is 9.47 Å². The van der Waals surface area contributed by atoms with Crippen molar-refractivity contribution in [3.8, 4) is 11.5 Å². The third kappa shape index (κ3) is 3.94. The van der Waals surface area contributed by atoms with Crippen molar-refractivity contribution in [1.82, 2.24) is 0 Å². The van der Waals surface area contributed by atoms with Gasteiger partial charge in [0, 0.05) is 22.2 Å². The minimum absolute atomic E-state index is 0.168. The minimum Gasteiger partial charge on any atom is -0.493 e. The summed E-state index contributed by atoms with van der Waals surface area (Å²) in [5.74, 6) is 0.812. The molecule has 0 unspecified atom stereocenters. The van der Waals surface area contributed by atoms with Gasteiger partial charge in [-0.1, -0.05) is 29.3 Å². The van der Waals surface area contributed by atoms with Crippen LogP contribution in [0.1, 0.15) is 11.1 Å². The minimum atomic E-state index is -0.394. The Morgan fingerprint density at radius 2 is 1.86 bits per heavy atom. The van der Waals surface area contributed by atoms with E-state index < -0.39 is 5.82 Å². The first-order valence-electron chi connectivity index (χ1n) is 6.04. The molecule has 0 aliphatic carbocycles. The maximum atomic E-state index is 13.0. The molecule has 0 atom stereocenters. The van der Waals surface area contributed by atoms with Crippen LogP contribution in [0.4, 0.5) is 4.39 Å². The lowest BCUT2D eigenvalue weighted by molar-refractivity contribution is 0.282. The number of hydrogen-bond acceptors (Lipinski definition) is 2. The van der Waals surface area contributed by atoms with Crippen LogP contribution in [0.2, 0.25) is 10.0 Å². The molecule has 0 fully saturated rings. The first-order valence-corrected chi connectivity index (χ1v) is 7.33. The molecule has 2 aromatic carbocycles. The van der Waals surface area contributed by atoms with Crippen LogP contribution >= 0.6 is 34.8 Å². The van der Waals surface area contributed by atoms with Crippen molar-refractivity contribution >= 4 is 34.8 Å². The molecule has 2 rings (SSSR count). The predicted molar refractivity (Wildman–Crippen MR) is 83.3 cm³/mol. The topological polar surface area (TPSA) is 18.5 Å². The number of rotatable bonds is 5. The summed E-state index contributed by atoms with van der Waals surface area (Å²) in [6.07, 6.45) is 0. The van der Waals surface area contributed by atoms with Gasteiger partial charge in [0.05, 0.1) is 18.0 Å². The predicted octanol–water partition coefficient (Wildman–Crippen LogP) is 5.46. The molecular formula is C15H12Cl3FO2. The van der Waals surface area contributed by atoms with E-state index in [0.717, 1.165) is 0 Å². The van der Waals surface area contributed by atoms with Crippen LogP contribution in [0.25, 0.3) is 0 Å². The van der Waals surface area contributed by atoms with Gasteiger partial charge in [0.25, 0.3) is 0 Å². The molecule has 0 radical (unpaired) electrons. The number of ether oxygens (including phenoxy) is 2. The number of hydrogen-bond donors (Lipinski definition) is 0. The fourth-order valence-electron chi connectivity index (χ4n) is 1.83. The van der Waals surface area contributed by atoms with Crippen molar-refractivity contribution in [2.45, 2.75) is 12.5 Å². The molecule has 0 bridgehead atoms. The molecule has 0 spiro atoms. The Labute approximate surface area is 137 Å². The van der Waals surface area contributed by atoms with Crippen molar-refractivity contribution < 1.29 is 13.9 Å². The van der Waals surface area contributed by atoms with Crippen molar-refractivity contribution in [2.24, 2.45) is 0 Å². The molecule has 21 heavy (non-hydrogen) atoms. The van der Waals surface area contributed by atoms with Crippen molar-refractivity contribution in [3.05, 3.63) is 57.3 Å². The molecule has 6 heteroatoms. The van der Waals surface area contributed by atoms with Crippen LogP contribution in [-0.2, 0) is 12.5 Å². The third-order valence-electron chi connectivity index (χ3n) is 2.85. The Morgan fingerprint density at radius 1 is 1.10 bits per heavy atom. The average molecular weight is 350 g/mol. The highest BCUT2D eigenvalue weighted by molar-refractivity contribution is 6.31. The van der Waals surface area contributed by atoms with Gasteiger partial charge in [0.15, 0.2) is 11.5 Å². The Kier molecular flexibility index (Phi) is 5.57. The number of alkyl halides is 1. The summed E-state index contributed by atoms with van der Waals surface area (Å²) in [6, 6.07) is 7.48. The van der Waals surface area contributed by atoms with E-state index in [1.165, 1.54) is 19.2 Å². The molecule has 0 aliphatic heterocycles. The number of methoxy groups -OCH3 is 1. The van der Waals surface area contributed by atoms with Gasteiger partial charge in [-0.2, -0.15) is 0 Å². The van der Waals surface area contributed by atoms with E-state index in [0.29, 0.717) is 32.7 Å². The molecule has 0 N–H and O–H groups in total. The fraction of sp³-hybridized carbons (Fsp3) is 0.200. The molecule has 0 aliphatic rings. The fourth-order valence-corrected chi connectivity index (χ4v) is 2.48. The van der Waals surface area contributed by atoms with E-state index >= 15 is 0 Å². The third-order valence-corrected chi connectivity index (χ3v) is 3.71. The molecule has 112 valence electrons. The smallest absolute Gasteiger partial charge is 0.166 e. The summed E-state index contributed by atoms with van der Waals surface area (Å²) >= 11 is 17.8. The van der Waals surface area contributed by atoms with E-state index in [1.807, 2.05) is 0 Å². The van der Waals surface area contributed by atoms with Crippen molar-refractivity contribution in [1.29, 1.82) is 0 Å². The summed E-state index contributed by atoms with van der Waals surface area (Å²) < 4.78 is 24.0. The largest absolute Gasteiger partial charge is 0.493 e. The molecule has 0 heterocycles. The highest BCUT2D eigenvalue weighted by Crippen LogP contribution is 2.36. The van der Waals surface area contributed by atoms with Gasteiger partial charge >= 0.3 is 0 Å². The Hall–Kier alpha value is -1.16. The second kappa shape index (κ2) is 7.21. The molecule has 2 aromatic rings. The highest BCUT2D eigenvalue weighted by atomic mass is 35.5. The van der Waals surface area contributed by atoms with Crippen molar-refractivity contribution in [2.75, 3.05) is 7.11 Å². The molecular weight excluding hydrogens is 338 g/mol. The highest BCUT2D eigenvalue weighted by Gasteiger charge is 2.13. The second-order valence-corrected chi connectivity index (χ2v) is 5.37. The Balaban J connectivity index is 2.26. The van der Waals surface area contributed by atoms with E-state index in [2.05, 4.69) is 0 Å². The van der Waals surface area contributed by atoms with Gasteiger partial charge in [0.1, 0.15) is 12.4 Å². The monoisotopic (exact) mass is 348 g/mol. The zero-order valence-electron chi connectivity index (χ0n) is 11.1. The van der Waals surface area contributed by atoms with E-state index in [9.17, 15) is 4.39 Å². The molecule has 2 nitrogen and oxygen atoms in total. The summed E-state index contributed by atoms with van der Waals surface area (Å²) in [5, 5.41) is 0.810. The lowest BCUT2D eigenvalue weighted by Crippen LogP contribution is -2.01. The first kappa shape index (κ1) is 16.2. The maximum Gasteiger partial charge on any atom is 0.166 e. The lowest BCUT2D eigenvalue weighted by atomic mass is 10.2. The summed E-state index contributed by atoms with van der Waals surface area (Å²) in [4.78, 5) is 0. The molecule has 0 saturated carbocycles. The summed E-state index contributed by atoms with van der Waals surface area (Å²) in [5.41, 5.74) is 1.37. The van der Waals surface area contributed by atoms with Crippen LogP contribution in [0.5, 0.6) is 11.5 Å². The number of halogens is 4. The quantitative estimate of drug-likeness (QED) is 0.667. The van der Waals surface area contributed by atoms with Crippen LogP contribution in [0.15, 0.2) is 30.3 Å². The zero-order valence-corrected chi connectivity index (χ0v) is 13.4. The van der Waals surface area contributed by atoms with Gasteiger partial charge in [-0.3, -0.25) is 0 Å². The Bertz CT molecular complexity index is 622. The van der Waals surface area contributed by atoms with Gasteiger partial charge in [-0.15, -0.1) is 11.6 Å². The van der Waals surface area contributed by atoms with E-state index in [-0.39, 0.29) is 12.5 Å². The molecule has 0 amide bonds. The van der Waals surface area contributed by atoms with Gasteiger partial charge in [-0.05, 0) is 18.2 Å². The van der Waals surface area contributed by atoms with Crippen molar-refractivity contribution in [3.63, 3.8) is 0 Å². The normalized spacial score (nSPS) is 10.5. The SMILES string of the molecule is COc1cc(Cl)cc(CCl)c1OCc1ccc(F)cc1Cl. The lowest BCUT2D eigenvalue weighted by Gasteiger charge is -2.15. The van der Waals surface area contributed by atoms with Gasteiger partial charge in [0.2, 0.25) is 0 Å². The van der Waals surface area contributed by atoms with Crippen LogP contribution in [-0.4, -0.2) is 7.11 Å². The Morgan fingerprint density at radius 3 is 2.48 bits per heavy atom. The summed E-state index contributed by atoms with van der Waals surface area (Å²) in [7, 11) is 1.52. The van der Waals surface area contributed by atoms with Crippen LogP contribution in [0, 0.1) is 5.82 Å². The van der Waals surface area contributed by atoms with Gasteiger partial charge < -0.3 is 9.47 Å².